The Kier molecular flexibility index (Phi) is 4.49. The fraction of sp³-hybridized carbons (Fsp3) is 0.500. The predicted octanol–water partition coefficient (Wildman–Crippen LogP) is -0.827. The summed E-state index contributed by atoms with van der Waals surface area (Å²) in [6, 6.07) is 1.20. The molecule has 0 bridgehead atoms. The summed E-state index contributed by atoms with van der Waals surface area (Å²) in [5.74, 6) is -0.701. The van der Waals surface area contributed by atoms with Crippen LogP contribution < -0.4 is 10.5 Å². The molecule has 1 atom stereocenters. The highest BCUT2D eigenvalue weighted by atomic mass is 32.2. The number of nitrogens with two attached hydrogens (primary N) is 1. The van der Waals surface area contributed by atoms with Gasteiger partial charge in [-0.15, -0.1) is 0 Å². The molecule has 0 aliphatic heterocycles. The van der Waals surface area contributed by atoms with Crippen molar-refractivity contribution in [3.05, 3.63) is 18.0 Å². The standard InChI is InChI=1S/C10H17N3O4S/c1-3-7(14)5-12-18(16,17)8-4-9(10(11)15)13(2)6-8/h4,6-7,12,14H,3,5H2,1-2H3,(H2,11,15). The number of hydrogen-bond acceptors (Lipinski definition) is 4. The topological polar surface area (TPSA) is 114 Å². The second-order valence-electron chi connectivity index (χ2n) is 3.95. The van der Waals surface area contributed by atoms with Crippen LogP contribution in [0, 0.1) is 0 Å². The molecule has 102 valence electrons. The lowest BCUT2D eigenvalue weighted by Gasteiger charge is -2.08. The predicted molar refractivity (Wildman–Crippen MR) is 65.4 cm³/mol. The van der Waals surface area contributed by atoms with Gasteiger partial charge in [-0.05, 0) is 12.5 Å². The molecule has 1 rings (SSSR count). The maximum Gasteiger partial charge on any atom is 0.265 e. The summed E-state index contributed by atoms with van der Waals surface area (Å²) < 4.78 is 27.3. The normalized spacial score (nSPS) is 13.5. The highest BCUT2D eigenvalue weighted by molar-refractivity contribution is 7.89. The summed E-state index contributed by atoms with van der Waals surface area (Å²) in [5.41, 5.74) is 5.20. The second-order valence-corrected chi connectivity index (χ2v) is 5.72. The van der Waals surface area contributed by atoms with Crippen molar-refractivity contribution in [1.82, 2.24) is 9.29 Å². The lowest BCUT2D eigenvalue weighted by Crippen LogP contribution is -2.31. The monoisotopic (exact) mass is 275 g/mol. The van der Waals surface area contributed by atoms with Gasteiger partial charge in [0.1, 0.15) is 10.6 Å². The summed E-state index contributed by atoms with van der Waals surface area (Å²) in [5, 5.41) is 9.31. The Hall–Kier alpha value is -1.38. The molecule has 0 aliphatic carbocycles. The number of sulfonamides is 1. The van der Waals surface area contributed by atoms with Gasteiger partial charge in [0, 0.05) is 19.8 Å². The van der Waals surface area contributed by atoms with Crippen molar-refractivity contribution >= 4 is 15.9 Å². The number of aryl methyl sites for hydroxylation is 1. The molecule has 1 heterocycles. The second kappa shape index (κ2) is 5.51. The molecule has 0 saturated heterocycles. The van der Waals surface area contributed by atoms with E-state index in [1.807, 2.05) is 0 Å². The van der Waals surface area contributed by atoms with Crippen LogP contribution in [0.5, 0.6) is 0 Å². The summed E-state index contributed by atoms with van der Waals surface area (Å²) in [6.45, 7) is 1.67. The van der Waals surface area contributed by atoms with E-state index in [0.29, 0.717) is 6.42 Å². The molecule has 0 aromatic carbocycles. The number of rotatable bonds is 6. The van der Waals surface area contributed by atoms with Crippen molar-refractivity contribution in [2.24, 2.45) is 12.8 Å². The number of aromatic nitrogens is 1. The molecule has 0 spiro atoms. The number of aliphatic hydroxyl groups excluding tert-OH is 1. The van der Waals surface area contributed by atoms with Gasteiger partial charge in [-0.1, -0.05) is 6.92 Å². The third-order valence-electron chi connectivity index (χ3n) is 2.52. The molecule has 1 unspecified atom stereocenters. The van der Waals surface area contributed by atoms with Crippen molar-refractivity contribution in [3.63, 3.8) is 0 Å². The van der Waals surface area contributed by atoms with Gasteiger partial charge in [-0.25, -0.2) is 13.1 Å². The van der Waals surface area contributed by atoms with Gasteiger partial charge >= 0.3 is 0 Å². The molecule has 4 N–H and O–H groups in total. The number of primary amides is 1. The van der Waals surface area contributed by atoms with Crippen LogP contribution in [0.25, 0.3) is 0 Å². The number of nitrogens with zero attached hydrogens (tertiary/aromatic N) is 1. The Morgan fingerprint density at radius 2 is 2.22 bits per heavy atom. The first-order valence-electron chi connectivity index (χ1n) is 5.41. The van der Waals surface area contributed by atoms with Gasteiger partial charge in [0.2, 0.25) is 10.0 Å². The quantitative estimate of drug-likeness (QED) is 0.628. The number of carbonyl (C=O) groups is 1. The highest BCUT2D eigenvalue weighted by Crippen LogP contribution is 2.12. The minimum atomic E-state index is -3.74. The average Bonchev–Trinajstić information content (AvgIpc) is 2.69. The zero-order valence-electron chi connectivity index (χ0n) is 10.3. The van der Waals surface area contributed by atoms with E-state index >= 15 is 0 Å². The van der Waals surface area contributed by atoms with Gasteiger partial charge in [0.15, 0.2) is 0 Å². The van der Waals surface area contributed by atoms with Gasteiger partial charge in [0.25, 0.3) is 5.91 Å². The third-order valence-corrected chi connectivity index (χ3v) is 3.91. The van der Waals surface area contributed by atoms with Crippen molar-refractivity contribution in [2.45, 2.75) is 24.3 Å². The van der Waals surface area contributed by atoms with Gasteiger partial charge in [-0.2, -0.15) is 0 Å². The van der Waals surface area contributed by atoms with E-state index in [9.17, 15) is 18.3 Å². The van der Waals surface area contributed by atoms with Crippen molar-refractivity contribution in [2.75, 3.05) is 6.54 Å². The van der Waals surface area contributed by atoms with Crippen LogP contribution in [-0.2, 0) is 17.1 Å². The molecule has 0 fully saturated rings. The van der Waals surface area contributed by atoms with E-state index in [2.05, 4.69) is 4.72 Å². The minimum absolute atomic E-state index is 0.0536. The highest BCUT2D eigenvalue weighted by Gasteiger charge is 2.19. The molecule has 8 heteroatoms. The fourth-order valence-corrected chi connectivity index (χ4v) is 2.50. The van der Waals surface area contributed by atoms with E-state index in [-0.39, 0.29) is 17.1 Å². The Bertz CT molecular complexity index is 535. The van der Waals surface area contributed by atoms with E-state index in [1.54, 1.807) is 6.92 Å². The van der Waals surface area contributed by atoms with Gasteiger partial charge in [-0.3, -0.25) is 4.79 Å². The lowest BCUT2D eigenvalue weighted by atomic mass is 10.3. The van der Waals surface area contributed by atoms with Crippen molar-refractivity contribution in [1.29, 1.82) is 0 Å². The first-order valence-corrected chi connectivity index (χ1v) is 6.90. The van der Waals surface area contributed by atoms with Crippen LogP contribution in [0.1, 0.15) is 23.8 Å². The lowest BCUT2D eigenvalue weighted by molar-refractivity contribution is 0.0992. The number of carbonyl (C=O) groups excluding carboxylic acids is 1. The molecule has 1 aromatic rings. The first kappa shape index (κ1) is 14.7. The van der Waals surface area contributed by atoms with Crippen LogP contribution in [0.3, 0.4) is 0 Å². The molecular weight excluding hydrogens is 258 g/mol. The maximum atomic E-state index is 11.9. The van der Waals surface area contributed by atoms with Crippen LogP contribution >= 0.6 is 0 Å². The SMILES string of the molecule is CCC(O)CNS(=O)(=O)c1cc(C(N)=O)n(C)c1. The van der Waals surface area contributed by atoms with Gasteiger partial charge < -0.3 is 15.4 Å². The van der Waals surface area contributed by atoms with Crippen LogP contribution in [-0.4, -0.2) is 36.6 Å². The molecular formula is C10H17N3O4S. The molecule has 1 aromatic heterocycles. The number of nitrogens with one attached hydrogen (secondary N) is 1. The van der Waals surface area contributed by atoms with Crippen LogP contribution in [0.15, 0.2) is 17.2 Å². The third kappa shape index (κ3) is 3.31. The molecule has 7 nitrogen and oxygen atoms in total. The minimum Gasteiger partial charge on any atom is -0.392 e. The Balaban J connectivity index is 2.92. The molecule has 0 aliphatic rings. The first-order chi connectivity index (χ1) is 8.27. The summed E-state index contributed by atoms with van der Waals surface area (Å²) >= 11 is 0. The van der Waals surface area contributed by atoms with Gasteiger partial charge in [0.05, 0.1) is 6.10 Å². The van der Waals surface area contributed by atoms with Crippen molar-refractivity contribution < 1.29 is 18.3 Å². The zero-order chi connectivity index (χ0) is 13.9. The molecule has 0 saturated carbocycles. The fourth-order valence-electron chi connectivity index (χ4n) is 1.36. The molecule has 1 amide bonds. The maximum absolute atomic E-state index is 11.9. The zero-order valence-corrected chi connectivity index (χ0v) is 11.1. The Labute approximate surface area is 106 Å². The Morgan fingerprint density at radius 1 is 1.61 bits per heavy atom. The smallest absolute Gasteiger partial charge is 0.265 e. The summed E-state index contributed by atoms with van der Waals surface area (Å²) in [6.07, 6.45) is 1.00. The number of amides is 1. The van der Waals surface area contributed by atoms with E-state index in [4.69, 9.17) is 5.73 Å². The average molecular weight is 275 g/mol. The van der Waals surface area contributed by atoms with E-state index in [0.717, 1.165) is 0 Å². The molecule has 0 radical (unpaired) electrons. The molecule has 18 heavy (non-hydrogen) atoms. The van der Waals surface area contributed by atoms with Crippen LogP contribution in [0.4, 0.5) is 0 Å². The Morgan fingerprint density at radius 3 is 2.67 bits per heavy atom. The van der Waals surface area contributed by atoms with Crippen molar-refractivity contribution in [3.8, 4) is 0 Å². The summed E-state index contributed by atoms with van der Waals surface area (Å²) in [7, 11) is -2.21. The van der Waals surface area contributed by atoms with E-state index in [1.165, 1.54) is 23.9 Å². The van der Waals surface area contributed by atoms with Crippen LogP contribution in [0.2, 0.25) is 0 Å². The largest absolute Gasteiger partial charge is 0.392 e. The number of aliphatic hydroxyl groups is 1. The number of hydrogen-bond donors (Lipinski definition) is 3. The summed E-state index contributed by atoms with van der Waals surface area (Å²) in [4.78, 5) is 11.0. The van der Waals surface area contributed by atoms with E-state index < -0.39 is 22.0 Å².